The maximum absolute atomic E-state index is 13.4. The first-order chi connectivity index (χ1) is 14.6. The summed E-state index contributed by atoms with van der Waals surface area (Å²) < 4.78 is 27.2. The summed E-state index contributed by atoms with van der Waals surface area (Å²) in [6, 6.07) is 12.6. The lowest BCUT2D eigenvalue weighted by Gasteiger charge is -2.15. The van der Waals surface area contributed by atoms with Crippen molar-refractivity contribution in [3.63, 3.8) is 0 Å². The van der Waals surface area contributed by atoms with E-state index >= 15 is 0 Å². The van der Waals surface area contributed by atoms with Crippen molar-refractivity contribution in [2.24, 2.45) is 0 Å². The van der Waals surface area contributed by atoms with E-state index in [1.807, 2.05) is 0 Å². The number of halogens is 1. The Labute approximate surface area is 180 Å². The Morgan fingerprint density at radius 3 is 2.77 bits per heavy atom. The van der Waals surface area contributed by atoms with Gasteiger partial charge in [-0.15, -0.1) is 10.2 Å². The Bertz CT molecular complexity index is 985. The lowest BCUT2D eigenvalue weighted by molar-refractivity contribution is 0.0953. The van der Waals surface area contributed by atoms with E-state index in [1.54, 1.807) is 23.9 Å². The molecule has 0 amide bonds. The van der Waals surface area contributed by atoms with Crippen LogP contribution in [0.4, 0.5) is 4.39 Å². The Kier molecular flexibility index (Phi) is 6.69. The van der Waals surface area contributed by atoms with Gasteiger partial charge in [0, 0.05) is 17.9 Å². The van der Waals surface area contributed by atoms with Crippen molar-refractivity contribution in [3.05, 3.63) is 59.4 Å². The molecule has 1 saturated heterocycles. The molecule has 1 aromatic heterocycles. The van der Waals surface area contributed by atoms with Crippen LogP contribution >= 0.6 is 11.8 Å². The van der Waals surface area contributed by atoms with Crippen LogP contribution in [0.2, 0.25) is 0 Å². The highest BCUT2D eigenvalue weighted by atomic mass is 32.2. The van der Waals surface area contributed by atoms with E-state index in [0.717, 1.165) is 53.1 Å². The molecule has 1 aliphatic heterocycles. The number of aromatic nitrogens is 3. The van der Waals surface area contributed by atoms with Crippen LogP contribution < -0.4 is 4.74 Å². The van der Waals surface area contributed by atoms with Crippen molar-refractivity contribution in [2.45, 2.75) is 44.5 Å². The fraction of sp³-hybridized carbons (Fsp3) is 0.391. The van der Waals surface area contributed by atoms with Gasteiger partial charge in [0.15, 0.2) is 11.0 Å². The Hall–Kier alpha value is -2.38. The van der Waals surface area contributed by atoms with Crippen molar-refractivity contribution in [1.29, 1.82) is 0 Å². The molecule has 158 valence electrons. The van der Waals surface area contributed by atoms with E-state index in [4.69, 9.17) is 9.47 Å². The number of benzene rings is 2. The van der Waals surface area contributed by atoms with Gasteiger partial charge in [0.05, 0.1) is 19.3 Å². The zero-order chi connectivity index (χ0) is 20.9. The van der Waals surface area contributed by atoms with Gasteiger partial charge in [-0.05, 0) is 68.1 Å². The van der Waals surface area contributed by atoms with Crippen molar-refractivity contribution in [3.8, 4) is 17.1 Å². The lowest BCUT2D eigenvalue weighted by Crippen LogP contribution is -2.17. The molecule has 0 bridgehead atoms. The number of hydrogen-bond acceptors (Lipinski definition) is 5. The van der Waals surface area contributed by atoms with E-state index in [0.29, 0.717) is 13.2 Å². The molecular weight excluding hydrogens is 401 g/mol. The van der Waals surface area contributed by atoms with Gasteiger partial charge in [-0.25, -0.2) is 4.39 Å². The Morgan fingerprint density at radius 2 is 2.00 bits per heavy atom. The van der Waals surface area contributed by atoms with Crippen LogP contribution in [0.15, 0.2) is 47.6 Å². The molecule has 4 rings (SSSR count). The van der Waals surface area contributed by atoms with Gasteiger partial charge in [0.1, 0.15) is 11.6 Å². The summed E-state index contributed by atoms with van der Waals surface area (Å²) in [5.74, 6) is 2.15. The van der Waals surface area contributed by atoms with Crippen LogP contribution in [-0.2, 0) is 11.3 Å². The summed E-state index contributed by atoms with van der Waals surface area (Å²) in [5.41, 5.74) is 3.16. The van der Waals surface area contributed by atoms with Crippen molar-refractivity contribution in [1.82, 2.24) is 14.8 Å². The average molecular weight is 428 g/mol. The number of thioether (sulfide) groups is 1. The number of aryl methyl sites for hydroxylation is 2. The van der Waals surface area contributed by atoms with E-state index in [1.165, 1.54) is 17.7 Å². The molecule has 3 aromatic rings. The summed E-state index contributed by atoms with van der Waals surface area (Å²) >= 11 is 1.61. The zero-order valence-corrected chi connectivity index (χ0v) is 18.1. The number of rotatable bonds is 8. The minimum absolute atomic E-state index is 0.158. The molecule has 0 aliphatic carbocycles. The predicted molar refractivity (Wildman–Crippen MR) is 117 cm³/mol. The second-order valence-electron chi connectivity index (χ2n) is 7.52. The van der Waals surface area contributed by atoms with E-state index in [9.17, 15) is 4.39 Å². The van der Waals surface area contributed by atoms with E-state index in [-0.39, 0.29) is 11.9 Å². The molecule has 5 nitrogen and oxygen atoms in total. The van der Waals surface area contributed by atoms with Gasteiger partial charge in [0.25, 0.3) is 0 Å². The molecule has 0 saturated carbocycles. The zero-order valence-electron chi connectivity index (χ0n) is 17.3. The molecular formula is C23H26FN3O2S. The molecule has 2 aromatic carbocycles. The Balaban J connectivity index is 1.46. The van der Waals surface area contributed by atoms with Gasteiger partial charge in [0.2, 0.25) is 0 Å². The third-order valence-corrected chi connectivity index (χ3v) is 6.08. The first kappa shape index (κ1) is 20.9. The largest absolute Gasteiger partial charge is 0.492 e. The van der Waals surface area contributed by atoms with Crippen LogP contribution in [0, 0.1) is 19.7 Å². The maximum atomic E-state index is 13.4. The van der Waals surface area contributed by atoms with E-state index in [2.05, 4.69) is 46.8 Å². The summed E-state index contributed by atoms with van der Waals surface area (Å²) in [4.78, 5) is 0. The molecule has 0 radical (unpaired) electrons. The lowest BCUT2D eigenvalue weighted by atomic mass is 10.1. The monoisotopic (exact) mass is 427 g/mol. The molecule has 2 heterocycles. The van der Waals surface area contributed by atoms with Gasteiger partial charge in [-0.2, -0.15) is 0 Å². The molecule has 30 heavy (non-hydrogen) atoms. The minimum Gasteiger partial charge on any atom is -0.492 e. The molecule has 1 unspecified atom stereocenters. The normalized spacial score (nSPS) is 16.2. The molecule has 1 fully saturated rings. The summed E-state index contributed by atoms with van der Waals surface area (Å²) in [7, 11) is 0. The average Bonchev–Trinajstić information content (AvgIpc) is 3.39. The van der Waals surface area contributed by atoms with Crippen LogP contribution in [0.3, 0.4) is 0 Å². The van der Waals surface area contributed by atoms with Crippen LogP contribution in [-0.4, -0.2) is 39.8 Å². The van der Waals surface area contributed by atoms with Crippen LogP contribution in [0.25, 0.3) is 11.4 Å². The molecule has 0 N–H and O–H groups in total. The number of nitrogens with zero attached hydrogens (tertiary/aromatic N) is 3. The van der Waals surface area contributed by atoms with Crippen LogP contribution in [0.5, 0.6) is 5.75 Å². The first-order valence-electron chi connectivity index (χ1n) is 10.2. The quantitative estimate of drug-likeness (QED) is 0.372. The third kappa shape index (κ3) is 5.02. The molecule has 0 spiro atoms. The Morgan fingerprint density at radius 1 is 1.17 bits per heavy atom. The highest BCUT2D eigenvalue weighted by Gasteiger charge is 2.21. The van der Waals surface area contributed by atoms with Crippen molar-refractivity contribution < 1.29 is 13.9 Å². The summed E-state index contributed by atoms with van der Waals surface area (Å²) in [6.07, 6.45) is 2.26. The van der Waals surface area contributed by atoms with Gasteiger partial charge in [-0.1, -0.05) is 23.9 Å². The van der Waals surface area contributed by atoms with Gasteiger partial charge in [-0.3, -0.25) is 4.57 Å². The minimum atomic E-state index is -0.262. The van der Waals surface area contributed by atoms with Crippen LogP contribution in [0.1, 0.15) is 24.0 Å². The highest BCUT2D eigenvalue weighted by molar-refractivity contribution is 7.99. The summed E-state index contributed by atoms with van der Waals surface area (Å²) in [5, 5.41) is 9.63. The standard InChI is InChI=1S/C23H26FN3O2S/c1-16-5-6-17(2)21(14-16)29-12-13-30-23-26-25-22(18-7-9-19(24)10-8-18)27(23)15-20-4-3-11-28-20/h5-10,14,20H,3-4,11-13,15H2,1-2H3. The predicted octanol–water partition coefficient (Wildman–Crippen LogP) is 5.05. The first-order valence-corrected chi connectivity index (χ1v) is 11.2. The number of hydrogen-bond donors (Lipinski definition) is 0. The molecule has 7 heteroatoms. The van der Waals surface area contributed by atoms with Crippen molar-refractivity contribution in [2.75, 3.05) is 19.0 Å². The highest BCUT2D eigenvalue weighted by Crippen LogP contribution is 2.27. The fourth-order valence-corrected chi connectivity index (χ4v) is 4.28. The van der Waals surface area contributed by atoms with Gasteiger partial charge >= 0.3 is 0 Å². The smallest absolute Gasteiger partial charge is 0.191 e. The third-order valence-electron chi connectivity index (χ3n) is 5.15. The molecule has 1 aliphatic rings. The maximum Gasteiger partial charge on any atom is 0.191 e. The van der Waals surface area contributed by atoms with Gasteiger partial charge < -0.3 is 9.47 Å². The second-order valence-corrected chi connectivity index (χ2v) is 8.59. The van der Waals surface area contributed by atoms with E-state index < -0.39 is 0 Å². The topological polar surface area (TPSA) is 49.2 Å². The number of ether oxygens (including phenoxy) is 2. The summed E-state index contributed by atoms with van der Waals surface area (Å²) in [6.45, 7) is 6.18. The molecule has 1 atom stereocenters. The SMILES string of the molecule is Cc1ccc(C)c(OCCSc2nnc(-c3ccc(F)cc3)n2CC2CCCO2)c1. The second kappa shape index (κ2) is 9.62. The van der Waals surface area contributed by atoms with Crippen molar-refractivity contribution >= 4 is 11.8 Å². The fourth-order valence-electron chi connectivity index (χ4n) is 3.51.